The lowest BCUT2D eigenvalue weighted by Crippen LogP contribution is -2.03. The maximum atomic E-state index is 9.03. The number of benzene rings is 1. The van der Waals surface area contributed by atoms with Gasteiger partial charge in [0.05, 0.1) is 0 Å². The van der Waals surface area contributed by atoms with E-state index in [0.717, 1.165) is 12.3 Å². The summed E-state index contributed by atoms with van der Waals surface area (Å²) in [5.41, 5.74) is 2.72. The minimum absolute atomic E-state index is 0.315. The molecule has 1 aliphatic rings. The van der Waals surface area contributed by atoms with Crippen LogP contribution in [0.25, 0.3) is 0 Å². The summed E-state index contributed by atoms with van der Waals surface area (Å²) in [5, 5.41) is 9.03. The van der Waals surface area contributed by atoms with Crippen LogP contribution in [0.4, 0.5) is 0 Å². The molecule has 0 aliphatic heterocycles. The maximum absolute atomic E-state index is 9.03. The molecule has 0 aromatic heterocycles. The molecular weight excluding hydrogens is 172 g/mol. The van der Waals surface area contributed by atoms with Crippen molar-refractivity contribution in [3.05, 3.63) is 35.4 Å². The highest BCUT2D eigenvalue weighted by Gasteiger charge is 2.31. The monoisotopic (exact) mass is 190 g/mol. The second-order valence-electron chi connectivity index (χ2n) is 4.37. The molecule has 1 aliphatic carbocycles. The van der Waals surface area contributed by atoms with Crippen molar-refractivity contribution < 1.29 is 5.11 Å². The smallest absolute Gasteiger partial charge is 0.0436 e. The van der Waals surface area contributed by atoms with E-state index in [0.29, 0.717) is 12.5 Å². The Morgan fingerprint density at radius 2 is 1.93 bits per heavy atom. The van der Waals surface area contributed by atoms with E-state index in [4.69, 9.17) is 5.11 Å². The van der Waals surface area contributed by atoms with Crippen LogP contribution in [0.3, 0.4) is 0 Å². The Kier molecular flexibility index (Phi) is 2.87. The van der Waals surface area contributed by atoms with E-state index in [-0.39, 0.29) is 0 Å². The lowest BCUT2D eigenvalue weighted by Gasteiger charge is -2.15. The fourth-order valence-corrected chi connectivity index (χ4v) is 2.13. The average molecular weight is 190 g/mol. The first-order valence-corrected chi connectivity index (χ1v) is 5.48. The van der Waals surface area contributed by atoms with Gasteiger partial charge >= 0.3 is 0 Å². The molecule has 1 aromatic rings. The predicted octanol–water partition coefficient (Wildman–Crippen LogP) is 2.87. The van der Waals surface area contributed by atoms with Crippen LogP contribution in [0.1, 0.15) is 36.3 Å². The number of aryl methyl sites for hydroxylation is 1. The average Bonchev–Trinajstić information content (AvgIpc) is 2.99. The zero-order valence-corrected chi connectivity index (χ0v) is 8.74. The number of rotatable bonds is 4. The van der Waals surface area contributed by atoms with Crippen LogP contribution in [-0.2, 0) is 0 Å². The molecular formula is C13H18O. The number of aliphatic hydroxyl groups excluding tert-OH is 1. The molecule has 1 unspecified atom stereocenters. The second-order valence-corrected chi connectivity index (χ2v) is 4.37. The Bertz CT molecular complexity index is 285. The molecule has 0 spiro atoms. The summed E-state index contributed by atoms with van der Waals surface area (Å²) in [4.78, 5) is 0. The van der Waals surface area contributed by atoms with Crippen LogP contribution in [0.5, 0.6) is 0 Å². The van der Waals surface area contributed by atoms with E-state index in [1.807, 2.05) is 0 Å². The van der Waals surface area contributed by atoms with Gasteiger partial charge in [-0.05, 0) is 43.6 Å². The van der Waals surface area contributed by atoms with Crippen LogP contribution in [-0.4, -0.2) is 11.7 Å². The van der Waals surface area contributed by atoms with Crippen LogP contribution >= 0.6 is 0 Å². The molecule has 2 rings (SSSR count). The van der Waals surface area contributed by atoms with Crippen molar-refractivity contribution in [2.75, 3.05) is 6.61 Å². The highest BCUT2D eigenvalue weighted by atomic mass is 16.3. The molecule has 0 heterocycles. The van der Waals surface area contributed by atoms with Gasteiger partial charge in [-0.15, -0.1) is 0 Å². The summed E-state index contributed by atoms with van der Waals surface area (Å²) in [7, 11) is 0. The third kappa shape index (κ3) is 2.16. The number of hydrogen-bond acceptors (Lipinski definition) is 1. The van der Waals surface area contributed by atoms with Gasteiger partial charge in [0.15, 0.2) is 0 Å². The molecule has 1 fully saturated rings. The third-order valence-electron chi connectivity index (χ3n) is 3.14. The quantitative estimate of drug-likeness (QED) is 0.774. The fraction of sp³-hybridized carbons (Fsp3) is 0.538. The molecule has 0 saturated heterocycles. The SMILES string of the molecule is Cc1ccc(C(CCO)C2CC2)cc1. The normalized spacial score (nSPS) is 18.1. The Morgan fingerprint density at radius 3 is 2.43 bits per heavy atom. The first-order chi connectivity index (χ1) is 6.81. The summed E-state index contributed by atoms with van der Waals surface area (Å²) in [5.74, 6) is 1.44. The molecule has 14 heavy (non-hydrogen) atoms. The molecule has 0 bridgehead atoms. The van der Waals surface area contributed by atoms with Gasteiger partial charge in [0, 0.05) is 6.61 Å². The van der Waals surface area contributed by atoms with Gasteiger partial charge in [0.2, 0.25) is 0 Å². The maximum Gasteiger partial charge on any atom is 0.0436 e. The molecule has 76 valence electrons. The lowest BCUT2D eigenvalue weighted by atomic mass is 9.91. The first-order valence-electron chi connectivity index (χ1n) is 5.48. The van der Waals surface area contributed by atoms with Crippen LogP contribution < -0.4 is 0 Å². The molecule has 0 radical (unpaired) electrons. The Morgan fingerprint density at radius 1 is 1.29 bits per heavy atom. The summed E-state index contributed by atoms with van der Waals surface area (Å²) < 4.78 is 0. The summed E-state index contributed by atoms with van der Waals surface area (Å²) in [6, 6.07) is 8.77. The topological polar surface area (TPSA) is 20.2 Å². The van der Waals surface area contributed by atoms with E-state index in [1.165, 1.54) is 24.0 Å². The predicted molar refractivity (Wildman–Crippen MR) is 58.3 cm³/mol. The van der Waals surface area contributed by atoms with Crippen molar-refractivity contribution in [3.8, 4) is 0 Å². The van der Waals surface area contributed by atoms with Crippen LogP contribution in [0.2, 0.25) is 0 Å². The van der Waals surface area contributed by atoms with Crippen molar-refractivity contribution in [1.29, 1.82) is 0 Å². The van der Waals surface area contributed by atoms with E-state index in [1.54, 1.807) is 0 Å². The Balaban J connectivity index is 2.13. The zero-order valence-electron chi connectivity index (χ0n) is 8.74. The lowest BCUT2D eigenvalue weighted by molar-refractivity contribution is 0.270. The zero-order chi connectivity index (χ0) is 9.97. The van der Waals surface area contributed by atoms with Crippen molar-refractivity contribution >= 4 is 0 Å². The van der Waals surface area contributed by atoms with E-state index >= 15 is 0 Å². The number of aliphatic hydroxyl groups is 1. The third-order valence-corrected chi connectivity index (χ3v) is 3.14. The van der Waals surface area contributed by atoms with Crippen molar-refractivity contribution in [1.82, 2.24) is 0 Å². The molecule has 1 heteroatoms. The van der Waals surface area contributed by atoms with E-state index in [9.17, 15) is 0 Å². The van der Waals surface area contributed by atoms with Crippen molar-refractivity contribution in [2.24, 2.45) is 5.92 Å². The van der Waals surface area contributed by atoms with Crippen molar-refractivity contribution in [3.63, 3.8) is 0 Å². The molecule has 1 atom stereocenters. The fourth-order valence-electron chi connectivity index (χ4n) is 2.13. The van der Waals surface area contributed by atoms with Crippen molar-refractivity contribution in [2.45, 2.75) is 32.1 Å². The van der Waals surface area contributed by atoms with Crippen LogP contribution in [0.15, 0.2) is 24.3 Å². The molecule has 1 N–H and O–H groups in total. The van der Waals surface area contributed by atoms with Gasteiger partial charge in [-0.25, -0.2) is 0 Å². The van der Waals surface area contributed by atoms with Gasteiger partial charge in [-0.3, -0.25) is 0 Å². The summed E-state index contributed by atoms with van der Waals surface area (Å²) in [6.07, 6.45) is 3.62. The first kappa shape index (κ1) is 9.72. The van der Waals surface area contributed by atoms with Gasteiger partial charge in [0.1, 0.15) is 0 Å². The Hall–Kier alpha value is -0.820. The van der Waals surface area contributed by atoms with Crippen LogP contribution in [0, 0.1) is 12.8 Å². The molecule has 1 aromatic carbocycles. The summed E-state index contributed by atoms with van der Waals surface area (Å²) in [6.45, 7) is 2.43. The highest BCUT2D eigenvalue weighted by molar-refractivity contribution is 5.26. The van der Waals surface area contributed by atoms with E-state index in [2.05, 4.69) is 31.2 Å². The minimum Gasteiger partial charge on any atom is -0.396 e. The minimum atomic E-state index is 0.315. The van der Waals surface area contributed by atoms with E-state index < -0.39 is 0 Å². The summed E-state index contributed by atoms with van der Waals surface area (Å²) >= 11 is 0. The van der Waals surface area contributed by atoms with Gasteiger partial charge < -0.3 is 5.11 Å². The molecule has 1 nitrogen and oxygen atoms in total. The molecule has 1 saturated carbocycles. The van der Waals surface area contributed by atoms with Gasteiger partial charge in [-0.2, -0.15) is 0 Å². The van der Waals surface area contributed by atoms with Gasteiger partial charge in [0.25, 0.3) is 0 Å². The second kappa shape index (κ2) is 4.14. The molecule has 0 amide bonds. The largest absolute Gasteiger partial charge is 0.396 e. The number of hydrogen-bond donors (Lipinski definition) is 1. The van der Waals surface area contributed by atoms with Gasteiger partial charge in [-0.1, -0.05) is 29.8 Å². The highest BCUT2D eigenvalue weighted by Crippen LogP contribution is 2.44. The standard InChI is InChI=1S/C13H18O/c1-10-2-4-11(5-3-10)13(8-9-14)12-6-7-12/h2-5,12-14H,6-9H2,1H3. The Labute approximate surface area is 85.8 Å².